The Bertz CT molecular complexity index is 602. The Hall–Kier alpha value is -1.40. The smallest absolute Gasteiger partial charge is 0.261 e. The van der Waals surface area contributed by atoms with Crippen LogP contribution in [0.1, 0.15) is 43.0 Å². The number of nitrogens with zero attached hydrogens (tertiary/aromatic N) is 1. The molecule has 1 aromatic carbocycles. The van der Waals surface area contributed by atoms with Crippen molar-refractivity contribution in [1.82, 2.24) is 4.98 Å². The summed E-state index contributed by atoms with van der Waals surface area (Å²) in [6.07, 6.45) is 6.21. The highest BCUT2D eigenvalue weighted by Gasteiger charge is 2.14. The Morgan fingerprint density at radius 2 is 2.23 bits per heavy atom. The number of carbonyl (C=O) groups excluding carboxylic acids is 1. The van der Waals surface area contributed by atoms with E-state index in [2.05, 4.69) is 33.2 Å². The van der Waals surface area contributed by atoms with Gasteiger partial charge in [0.25, 0.3) is 5.91 Å². The molecule has 0 fully saturated rings. The molecule has 2 aromatic rings. The van der Waals surface area contributed by atoms with Gasteiger partial charge in [0.1, 0.15) is 5.75 Å². The summed E-state index contributed by atoms with van der Waals surface area (Å²) in [6.45, 7) is 2.80. The zero-order chi connectivity index (χ0) is 15.8. The quantitative estimate of drug-likeness (QED) is 0.644. The number of amides is 1. The number of benzene rings is 1. The number of thiazole rings is 1. The first kappa shape index (κ1) is 17.0. The van der Waals surface area contributed by atoms with Crippen molar-refractivity contribution in [2.24, 2.45) is 0 Å². The zero-order valence-electron chi connectivity index (χ0n) is 12.5. The van der Waals surface area contributed by atoms with Crippen LogP contribution in [0.15, 0.2) is 34.2 Å². The third-order valence-electron chi connectivity index (χ3n) is 3.09. The Kier molecular flexibility index (Phi) is 6.86. The second kappa shape index (κ2) is 8.90. The Labute approximate surface area is 143 Å². The van der Waals surface area contributed by atoms with E-state index >= 15 is 0 Å². The van der Waals surface area contributed by atoms with E-state index in [0.717, 1.165) is 17.3 Å². The molecule has 4 nitrogen and oxygen atoms in total. The number of aromatic nitrogens is 1. The summed E-state index contributed by atoms with van der Waals surface area (Å²) in [6, 6.07) is 5.46. The lowest BCUT2D eigenvalue weighted by Crippen LogP contribution is -2.14. The lowest BCUT2D eigenvalue weighted by Gasteiger charge is -2.11. The number of nitrogens with one attached hydrogen (secondary N) is 1. The first-order valence-electron chi connectivity index (χ1n) is 7.34. The molecule has 0 bridgehead atoms. The average Bonchev–Trinajstić information content (AvgIpc) is 3.01. The first-order valence-corrected chi connectivity index (χ1v) is 9.01. The molecule has 6 heteroatoms. The molecule has 0 atom stereocenters. The van der Waals surface area contributed by atoms with Gasteiger partial charge < -0.3 is 4.74 Å². The fraction of sp³-hybridized carbons (Fsp3) is 0.375. The number of hydrogen-bond donors (Lipinski definition) is 1. The van der Waals surface area contributed by atoms with Crippen LogP contribution in [-0.2, 0) is 0 Å². The van der Waals surface area contributed by atoms with E-state index in [0.29, 0.717) is 23.1 Å². The molecule has 0 spiro atoms. The van der Waals surface area contributed by atoms with E-state index < -0.39 is 0 Å². The molecule has 0 saturated carbocycles. The molecular weight excluding hydrogens is 364 g/mol. The lowest BCUT2D eigenvalue weighted by molar-refractivity contribution is 0.102. The van der Waals surface area contributed by atoms with Gasteiger partial charge in [-0.3, -0.25) is 10.1 Å². The second-order valence-corrected chi connectivity index (χ2v) is 6.65. The van der Waals surface area contributed by atoms with E-state index in [-0.39, 0.29) is 5.91 Å². The van der Waals surface area contributed by atoms with Crippen LogP contribution in [0.5, 0.6) is 5.75 Å². The van der Waals surface area contributed by atoms with Crippen molar-refractivity contribution in [3.63, 3.8) is 0 Å². The van der Waals surface area contributed by atoms with Gasteiger partial charge in [-0.15, -0.1) is 11.3 Å². The molecule has 1 aromatic heterocycles. The van der Waals surface area contributed by atoms with E-state index in [1.165, 1.54) is 24.2 Å². The highest BCUT2D eigenvalue weighted by molar-refractivity contribution is 9.10. The van der Waals surface area contributed by atoms with E-state index in [4.69, 9.17) is 4.74 Å². The predicted octanol–water partition coefficient (Wildman–Crippen LogP) is 5.12. The average molecular weight is 383 g/mol. The number of anilines is 1. The Morgan fingerprint density at radius 1 is 1.36 bits per heavy atom. The normalized spacial score (nSPS) is 10.5. The minimum atomic E-state index is -0.209. The van der Waals surface area contributed by atoms with Crippen LogP contribution in [0.4, 0.5) is 5.13 Å². The van der Waals surface area contributed by atoms with Gasteiger partial charge in [0, 0.05) is 16.0 Å². The maximum Gasteiger partial charge on any atom is 0.261 e. The second-order valence-electron chi connectivity index (χ2n) is 4.84. The maximum absolute atomic E-state index is 12.4. The van der Waals surface area contributed by atoms with Gasteiger partial charge >= 0.3 is 0 Å². The molecule has 0 aliphatic rings. The predicted molar refractivity (Wildman–Crippen MR) is 93.8 cm³/mol. The molecule has 118 valence electrons. The molecule has 22 heavy (non-hydrogen) atoms. The fourth-order valence-electron chi connectivity index (χ4n) is 1.97. The van der Waals surface area contributed by atoms with Crippen LogP contribution in [0.3, 0.4) is 0 Å². The minimum absolute atomic E-state index is 0.209. The molecule has 1 heterocycles. The summed E-state index contributed by atoms with van der Waals surface area (Å²) in [5.41, 5.74) is 0.514. The third-order valence-corrected chi connectivity index (χ3v) is 4.28. The molecule has 0 unspecified atom stereocenters. The van der Waals surface area contributed by atoms with Crippen molar-refractivity contribution in [3.05, 3.63) is 39.8 Å². The van der Waals surface area contributed by atoms with Gasteiger partial charge in [0.15, 0.2) is 5.13 Å². The van der Waals surface area contributed by atoms with Gasteiger partial charge in [-0.25, -0.2) is 4.98 Å². The third kappa shape index (κ3) is 5.10. The fourth-order valence-corrected chi connectivity index (χ4v) is 2.85. The summed E-state index contributed by atoms with van der Waals surface area (Å²) < 4.78 is 6.62. The van der Waals surface area contributed by atoms with E-state index in [1.807, 2.05) is 17.5 Å². The van der Waals surface area contributed by atoms with Crippen LogP contribution in [0.2, 0.25) is 0 Å². The van der Waals surface area contributed by atoms with Gasteiger partial charge in [-0.05, 0) is 24.6 Å². The van der Waals surface area contributed by atoms with Crippen molar-refractivity contribution < 1.29 is 9.53 Å². The molecule has 1 amide bonds. The SMILES string of the molecule is CCCCCCOc1ccc(Br)cc1C(=O)Nc1nccs1. The van der Waals surface area contributed by atoms with Crippen molar-refractivity contribution >= 4 is 38.3 Å². The number of ether oxygens (including phenoxy) is 1. The summed E-state index contributed by atoms with van der Waals surface area (Å²) in [4.78, 5) is 16.4. The molecule has 0 saturated heterocycles. The largest absolute Gasteiger partial charge is 0.493 e. The topological polar surface area (TPSA) is 51.2 Å². The summed E-state index contributed by atoms with van der Waals surface area (Å²) in [5, 5.41) is 5.19. The number of unbranched alkanes of at least 4 members (excludes halogenated alkanes) is 3. The van der Waals surface area contributed by atoms with Crippen molar-refractivity contribution in [1.29, 1.82) is 0 Å². The summed E-state index contributed by atoms with van der Waals surface area (Å²) in [5.74, 6) is 0.397. The highest BCUT2D eigenvalue weighted by Crippen LogP contribution is 2.25. The Morgan fingerprint density at radius 3 is 2.95 bits per heavy atom. The summed E-state index contributed by atoms with van der Waals surface area (Å²) >= 11 is 4.78. The zero-order valence-corrected chi connectivity index (χ0v) is 14.9. The lowest BCUT2D eigenvalue weighted by atomic mass is 10.2. The molecule has 1 N–H and O–H groups in total. The number of rotatable bonds is 8. The maximum atomic E-state index is 12.4. The van der Waals surface area contributed by atoms with Gasteiger partial charge in [-0.2, -0.15) is 0 Å². The van der Waals surface area contributed by atoms with Crippen molar-refractivity contribution in [2.75, 3.05) is 11.9 Å². The molecule has 2 rings (SSSR count). The van der Waals surface area contributed by atoms with Crippen LogP contribution >= 0.6 is 27.3 Å². The van der Waals surface area contributed by atoms with Gasteiger partial charge in [0.2, 0.25) is 0 Å². The Balaban J connectivity index is 2.02. The first-order chi connectivity index (χ1) is 10.7. The molecule has 0 aliphatic heterocycles. The van der Waals surface area contributed by atoms with Crippen LogP contribution in [0, 0.1) is 0 Å². The molecular formula is C16H19BrN2O2S. The summed E-state index contributed by atoms with van der Waals surface area (Å²) in [7, 11) is 0. The number of halogens is 1. The van der Waals surface area contributed by atoms with Crippen LogP contribution in [-0.4, -0.2) is 17.5 Å². The minimum Gasteiger partial charge on any atom is -0.493 e. The molecule has 0 aliphatic carbocycles. The van der Waals surface area contributed by atoms with E-state index in [1.54, 1.807) is 12.3 Å². The van der Waals surface area contributed by atoms with Crippen molar-refractivity contribution in [2.45, 2.75) is 32.6 Å². The number of carbonyl (C=O) groups is 1. The number of hydrogen-bond acceptors (Lipinski definition) is 4. The molecule has 0 radical (unpaired) electrons. The van der Waals surface area contributed by atoms with E-state index in [9.17, 15) is 4.79 Å². The van der Waals surface area contributed by atoms with Crippen molar-refractivity contribution in [3.8, 4) is 5.75 Å². The standard InChI is InChI=1S/C16H19BrN2O2S/c1-2-3-4-5-9-21-14-7-6-12(17)11-13(14)15(20)19-16-18-8-10-22-16/h6-8,10-11H,2-5,9H2,1H3,(H,18,19,20). The van der Waals surface area contributed by atoms with Gasteiger partial charge in [-0.1, -0.05) is 42.1 Å². The monoisotopic (exact) mass is 382 g/mol. The highest BCUT2D eigenvalue weighted by atomic mass is 79.9. The van der Waals surface area contributed by atoms with Crippen LogP contribution < -0.4 is 10.1 Å². The van der Waals surface area contributed by atoms with Crippen LogP contribution in [0.25, 0.3) is 0 Å². The van der Waals surface area contributed by atoms with Gasteiger partial charge in [0.05, 0.1) is 12.2 Å².